The van der Waals surface area contributed by atoms with Crippen LogP contribution in [0.15, 0.2) is 102 Å². The maximum absolute atomic E-state index is 2.58. The van der Waals surface area contributed by atoms with Gasteiger partial charge in [0.15, 0.2) is 0 Å². The number of allylic oxidation sites excluding steroid dienone is 3. The summed E-state index contributed by atoms with van der Waals surface area (Å²) >= 11 is 0. The number of para-hydroxylation sites is 1. The van der Waals surface area contributed by atoms with Crippen LogP contribution in [0.4, 0.5) is 11.4 Å². The van der Waals surface area contributed by atoms with Gasteiger partial charge >= 0.3 is 0 Å². The lowest BCUT2D eigenvalue weighted by molar-refractivity contribution is 0.766. The van der Waals surface area contributed by atoms with E-state index in [9.17, 15) is 0 Å². The highest BCUT2D eigenvalue weighted by atomic mass is 28.3. The summed E-state index contributed by atoms with van der Waals surface area (Å²) in [6, 6.07) is 34.1. The van der Waals surface area contributed by atoms with Gasteiger partial charge in [-0.1, -0.05) is 109 Å². The second-order valence-electron chi connectivity index (χ2n) is 11.9. The highest BCUT2D eigenvalue weighted by Crippen LogP contribution is 2.57. The van der Waals surface area contributed by atoms with Crippen LogP contribution in [-0.4, -0.2) is 15.3 Å². The number of nitrogens with zero attached hydrogens (tertiary/aromatic N) is 1. The molecule has 39 heavy (non-hydrogen) atoms. The molecule has 0 saturated carbocycles. The molecule has 4 aromatic carbocycles. The van der Waals surface area contributed by atoms with Crippen LogP contribution in [0.5, 0.6) is 0 Å². The fourth-order valence-corrected chi connectivity index (χ4v) is 9.93. The summed E-state index contributed by atoms with van der Waals surface area (Å²) in [5.74, 6) is 0.307. The highest BCUT2D eigenvalue weighted by molar-refractivity contribution is 6.59. The van der Waals surface area contributed by atoms with Crippen LogP contribution in [0.25, 0.3) is 22.8 Å². The largest absolute Gasteiger partial charge is 0.341 e. The van der Waals surface area contributed by atoms with Crippen molar-refractivity contribution in [2.75, 3.05) is 11.4 Å². The molecule has 0 bridgehead atoms. The number of benzene rings is 4. The zero-order valence-electron chi connectivity index (χ0n) is 23.5. The third-order valence-electron chi connectivity index (χ3n) is 9.29. The number of anilines is 2. The summed E-state index contributed by atoms with van der Waals surface area (Å²) in [4.78, 5) is 2.58. The van der Waals surface area contributed by atoms with Crippen LogP contribution >= 0.6 is 0 Å². The Bertz CT molecular complexity index is 1640. The van der Waals surface area contributed by atoms with Gasteiger partial charge in [-0.2, -0.15) is 0 Å². The Morgan fingerprint density at radius 3 is 2.28 bits per heavy atom. The average molecular weight is 524 g/mol. The molecule has 0 aromatic heterocycles. The number of hydrogen-bond acceptors (Lipinski definition) is 1. The maximum Gasteiger partial charge on any atom is 0.0487 e. The molecule has 3 aliphatic rings. The van der Waals surface area contributed by atoms with Crippen molar-refractivity contribution >= 4 is 31.8 Å². The molecule has 0 radical (unpaired) electrons. The predicted octanol–water partition coefficient (Wildman–Crippen LogP) is 9.54. The fraction of sp³-hybridized carbons (Fsp3) is 0.243. The van der Waals surface area contributed by atoms with E-state index < -0.39 is 8.80 Å². The minimum absolute atomic E-state index is 0.307. The maximum atomic E-state index is 2.58. The Morgan fingerprint density at radius 2 is 1.46 bits per heavy atom. The van der Waals surface area contributed by atoms with E-state index in [0.29, 0.717) is 11.5 Å². The van der Waals surface area contributed by atoms with Gasteiger partial charge in [0.05, 0.1) is 0 Å². The zero-order valence-corrected chi connectivity index (χ0v) is 24.7. The van der Waals surface area contributed by atoms with Crippen LogP contribution in [0.3, 0.4) is 0 Å². The molecule has 0 saturated heterocycles. The number of fused-ring (bicyclic) bond motifs is 3. The Hall–Kier alpha value is -3.62. The fourth-order valence-electron chi connectivity index (χ4n) is 7.76. The van der Waals surface area contributed by atoms with Crippen LogP contribution < -0.4 is 4.90 Å². The van der Waals surface area contributed by atoms with Crippen LogP contribution in [0.2, 0.25) is 13.1 Å². The first-order valence-electron chi connectivity index (χ1n) is 14.6. The van der Waals surface area contributed by atoms with Crippen LogP contribution in [0, 0.1) is 0 Å². The Balaban J connectivity index is 1.42. The molecule has 1 nitrogen and oxygen atoms in total. The summed E-state index contributed by atoms with van der Waals surface area (Å²) in [7, 11) is -0.976. The molecule has 4 aromatic rings. The summed E-state index contributed by atoms with van der Waals surface area (Å²) in [5.41, 5.74) is 18.1. The van der Waals surface area contributed by atoms with Crippen molar-refractivity contribution in [1.29, 1.82) is 0 Å². The first kappa shape index (κ1) is 24.4. The third-order valence-corrected chi connectivity index (χ3v) is 11.5. The van der Waals surface area contributed by atoms with Crippen molar-refractivity contribution in [3.8, 4) is 11.1 Å². The van der Waals surface area contributed by atoms with E-state index in [1.54, 1.807) is 16.7 Å². The Kier molecular flexibility index (Phi) is 5.97. The SMILES string of the molecule is CC1=Cc2c(cccc2N2CCCc3ccccc32)C1C1=C(C)C([SiH](C)C)c2cccc(-c3ccccc3)c21. The molecule has 2 aliphatic carbocycles. The van der Waals surface area contributed by atoms with Gasteiger partial charge in [-0.15, -0.1) is 0 Å². The Morgan fingerprint density at radius 1 is 0.744 bits per heavy atom. The van der Waals surface area contributed by atoms with Crippen molar-refractivity contribution in [2.24, 2.45) is 0 Å². The summed E-state index contributed by atoms with van der Waals surface area (Å²) < 4.78 is 0. The lowest BCUT2D eigenvalue weighted by Crippen LogP contribution is -2.25. The number of hydrogen-bond donors (Lipinski definition) is 0. The molecular formula is C37H37NSi. The second kappa shape index (κ2) is 9.53. The van der Waals surface area contributed by atoms with Crippen molar-refractivity contribution < 1.29 is 0 Å². The van der Waals surface area contributed by atoms with Gasteiger partial charge < -0.3 is 4.90 Å². The van der Waals surface area contributed by atoms with Gasteiger partial charge in [0.25, 0.3) is 0 Å². The summed E-state index contributed by atoms with van der Waals surface area (Å²) in [6.07, 6.45) is 4.87. The number of rotatable bonds is 4. The van der Waals surface area contributed by atoms with Gasteiger partial charge in [0.1, 0.15) is 0 Å². The van der Waals surface area contributed by atoms with E-state index in [2.05, 4.69) is 129 Å². The summed E-state index contributed by atoms with van der Waals surface area (Å²) in [6.45, 7) is 10.9. The number of aryl methyl sites for hydroxylation is 1. The van der Waals surface area contributed by atoms with Gasteiger partial charge in [-0.25, -0.2) is 0 Å². The minimum Gasteiger partial charge on any atom is -0.341 e. The molecule has 2 atom stereocenters. The molecule has 194 valence electrons. The first-order chi connectivity index (χ1) is 19.0. The lowest BCUT2D eigenvalue weighted by atomic mass is 9.81. The topological polar surface area (TPSA) is 3.24 Å². The smallest absolute Gasteiger partial charge is 0.0487 e. The van der Waals surface area contributed by atoms with Crippen molar-refractivity contribution in [3.05, 3.63) is 130 Å². The van der Waals surface area contributed by atoms with E-state index in [1.807, 2.05) is 0 Å². The normalized spacial score (nSPS) is 19.7. The molecule has 0 amide bonds. The van der Waals surface area contributed by atoms with Crippen molar-refractivity contribution in [3.63, 3.8) is 0 Å². The van der Waals surface area contributed by atoms with Crippen LogP contribution in [-0.2, 0) is 6.42 Å². The van der Waals surface area contributed by atoms with Crippen LogP contribution in [0.1, 0.15) is 59.5 Å². The van der Waals surface area contributed by atoms with Crippen molar-refractivity contribution in [2.45, 2.75) is 51.2 Å². The van der Waals surface area contributed by atoms with Crippen molar-refractivity contribution in [1.82, 2.24) is 0 Å². The molecular weight excluding hydrogens is 487 g/mol. The van der Waals surface area contributed by atoms with E-state index in [4.69, 9.17) is 0 Å². The molecule has 2 unspecified atom stereocenters. The highest BCUT2D eigenvalue weighted by Gasteiger charge is 2.39. The molecule has 7 rings (SSSR count). The quantitative estimate of drug-likeness (QED) is 0.241. The molecule has 0 N–H and O–H groups in total. The van der Waals surface area contributed by atoms with Gasteiger partial charge in [0.2, 0.25) is 0 Å². The van der Waals surface area contributed by atoms with E-state index >= 15 is 0 Å². The standard InChI is InChI=1S/C37H37NSi/c1-24-23-31-29(18-11-21-33(31)38-22-12-16-27-15-8-9-20-32(27)38)34(24)35-25(2)37(39(3)4)30-19-10-17-28(36(30)35)26-13-6-5-7-14-26/h5-11,13-15,17-21,23,34,37,39H,12,16,22H2,1-4H3. The Labute approximate surface area is 235 Å². The zero-order chi connectivity index (χ0) is 26.7. The van der Waals surface area contributed by atoms with Gasteiger partial charge in [0, 0.05) is 38.2 Å². The van der Waals surface area contributed by atoms with E-state index in [0.717, 1.165) is 6.54 Å². The van der Waals surface area contributed by atoms with Gasteiger partial charge in [-0.3, -0.25) is 0 Å². The predicted molar refractivity (Wildman–Crippen MR) is 171 cm³/mol. The molecule has 1 heterocycles. The molecule has 1 aliphatic heterocycles. The summed E-state index contributed by atoms with van der Waals surface area (Å²) in [5, 5.41) is 0. The van der Waals surface area contributed by atoms with E-state index in [1.165, 1.54) is 63.2 Å². The molecule has 0 spiro atoms. The second-order valence-corrected chi connectivity index (χ2v) is 15.1. The average Bonchev–Trinajstić information content (AvgIpc) is 3.45. The molecule has 2 heteroatoms. The van der Waals surface area contributed by atoms with E-state index in [-0.39, 0.29) is 0 Å². The van der Waals surface area contributed by atoms with Gasteiger partial charge in [-0.05, 0) is 83.3 Å². The minimum atomic E-state index is -0.976. The third kappa shape index (κ3) is 3.80. The monoisotopic (exact) mass is 523 g/mol. The lowest BCUT2D eigenvalue weighted by Gasteiger charge is -2.33. The first-order valence-corrected chi connectivity index (χ1v) is 17.6. The molecule has 0 fully saturated rings.